The Kier molecular flexibility index (Phi) is 6.94. The Hall–Kier alpha value is 0.963. The molecule has 0 spiro atoms. The first-order valence-electron chi connectivity index (χ1n) is 3.21. The van der Waals surface area contributed by atoms with Crippen LogP contribution in [0.5, 0.6) is 0 Å². The molecular weight excluding hydrogens is 298 g/mol. The Morgan fingerprint density at radius 3 is 1.67 bits per heavy atom. The second-order valence-corrected chi connectivity index (χ2v) is 13.4. The number of aromatic nitrogens is 2. The van der Waals surface area contributed by atoms with Gasteiger partial charge >= 0.3 is 43.7 Å². The number of hydrogen-bond acceptors (Lipinski definition) is 1. The van der Waals surface area contributed by atoms with Crippen molar-refractivity contribution < 1.29 is 18.2 Å². The molecule has 6 heteroatoms. The predicted octanol–water partition coefficient (Wildman–Crippen LogP) is 3.03. The molecule has 0 amide bonds. The van der Waals surface area contributed by atoms with Gasteiger partial charge < -0.3 is 10.2 Å². The number of rotatable bonds is 0. The van der Waals surface area contributed by atoms with Crippen LogP contribution in [0.2, 0.25) is 0 Å². The molecule has 0 aliphatic rings. The Morgan fingerprint density at radius 2 is 1.58 bits per heavy atom. The average Bonchev–Trinajstić information content (AvgIpc) is 2.19. The van der Waals surface area contributed by atoms with Crippen LogP contribution in [0.1, 0.15) is 17.0 Å². The number of hydrogen-bond donors (Lipinski definition) is 0. The van der Waals surface area contributed by atoms with E-state index in [1.54, 1.807) is 0 Å². The van der Waals surface area contributed by atoms with Crippen LogP contribution in [0.3, 0.4) is 0 Å². The molecule has 1 aromatic heterocycles. The molecule has 1 heterocycles. The molecule has 0 fully saturated rings. The van der Waals surface area contributed by atoms with Crippen molar-refractivity contribution >= 4 is 25.5 Å². The molecule has 0 aliphatic carbocycles. The minimum absolute atomic E-state index is 1.04. The second-order valence-electron chi connectivity index (χ2n) is 2.21. The standard InChI is InChI=1S/C6H9N2.3ClH.Zr/c1-4-5(2)7-8-6(4)3;;;;/h1-3H3;3*1H;/q-1;;;;+3/p-3. The fourth-order valence-electron chi connectivity index (χ4n) is 0.562. The Balaban J connectivity index is 0.000000261. The molecule has 0 radical (unpaired) electrons. The van der Waals surface area contributed by atoms with Crippen LogP contribution in [0.15, 0.2) is 0 Å². The second kappa shape index (κ2) is 6.42. The molecule has 0 atom stereocenters. The SMILES string of the molecule is Cc1n[n-]c(C)c1C.[Cl][Zr]([Cl])[Cl]. The van der Waals surface area contributed by atoms with Crippen molar-refractivity contribution in [2.45, 2.75) is 20.8 Å². The number of aryl methyl sites for hydroxylation is 2. The first kappa shape index (κ1) is 13.0. The summed E-state index contributed by atoms with van der Waals surface area (Å²) >= 11 is -2.13. The van der Waals surface area contributed by atoms with Crippen molar-refractivity contribution in [1.29, 1.82) is 0 Å². The topological polar surface area (TPSA) is 27.0 Å². The number of nitrogens with zero attached hydrogens (tertiary/aromatic N) is 2. The molecule has 0 aliphatic heterocycles. The first-order chi connectivity index (χ1) is 5.45. The first-order valence-corrected chi connectivity index (χ1v) is 12.7. The molecule has 2 nitrogen and oxygen atoms in total. The van der Waals surface area contributed by atoms with E-state index < -0.39 is 18.2 Å². The van der Waals surface area contributed by atoms with Gasteiger partial charge in [-0.15, -0.1) is 5.69 Å². The summed E-state index contributed by atoms with van der Waals surface area (Å²) in [7, 11) is 15.0. The molecule has 0 aromatic carbocycles. The van der Waals surface area contributed by atoms with Gasteiger partial charge in [-0.05, 0) is 19.4 Å². The van der Waals surface area contributed by atoms with Gasteiger partial charge in [0.15, 0.2) is 0 Å². The molecule has 1 aromatic rings. The molecule has 69 valence electrons. The zero-order chi connectivity index (χ0) is 9.72. The minimum atomic E-state index is -2.13. The summed E-state index contributed by atoms with van der Waals surface area (Å²) in [5.41, 5.74) is 3.30. The summed E-state index contributed by atoms with van der Waals surface area (Å²) in [6.45, 7) is 5.97. The molecule has 0 N–H and O–H groups in total. The van der Waals surface area contributed by atoms with Gasteiger partial charge in [-0.2, -0.15) is 0 Å². The van der Waals surface area contributed by atoms with Gasteiger partial charge in [-0.25, -0.2) is 0 Å². The van der Waals surface area contributed by atoms with Gasteiger partial charge in [0, 0.05) is 5.69 Å². The molecule has 0 unspecified atom stereocenters. The summed E-state index contributed by atoms with van der Waals surface area (Å²) < 4.78 is 0. The van der Waals surface area contributed by atoms with Gasteiger partial charge in [0.05, 0.1) is 0 Å². The van der Waals surface area contributed by atoms with Crippen LogP contribution in [-0.2, 0) is 18.2 Å². The third-order valence-corrected chi connectivity index (χ3v) is 1.44. The van der Waals surface area contributed by atoms with E-state index >= 15 is 0 Å². The normalized spacial score (nSPS) is 8.83. The molecule has 12 heavy (non-hydrogen) atoms. The Bertz CT molecular complexity index is 214. The van der Waals surface area contributed by atoms with Gasteiger partial charge in [-0.1, -0.05) is 6.92 Å². The summed E-state index contributed by atoms with van der Waals surface area (Å²) in [4.78, 5) is 0. The maximum absolute atomic E-state index is 5.00. The van der Waals surface area contributed by atoms with E-state index in [-0.39, 0.29) is 0 Å². The van der Waals surface area contributed by atoms with Crippen molar-refractivity contribution in [3.8, 4) is 0 Å². The summed E-state index contributed by atoms with van der Waals surface area (Å²) in [5, 5.41) is 7.73. The van der Waals surface area contributed by atoms with Crippen LogP contribution in [-0.4, -0.2) is 5.10 Å². The van der Waals surface area contributed by atoms with E-state index in [0.29, 0.717) is 0 Å². The summed E-state index contributed by atoms with van der Waals surface area (Å²) in [6, 6.07) is 0. The van der Waals surface area contributed by atoms with Crippen LogP contribution in [0.25, 0.3) is 0 Å². The molecular formula is C6H9Cl3N2Zr-. The van der Waals surface area contributed by atoms with Crippen LogP contribution >= 0.6 is 25.5 Å². The predicted molar refractivity (Wildman–Crippen MR) is 49.3 cm³/mol. The van der Waals surface area contributed by atoms with Crippen molar-refractivity contribution in [3.05, 3.63) is 17.0 Å². The fraction of sp³-hybridized carbons (Fsp3) is 0.500. The zero-order valence-corrected chi connectivity index (χ0v) is 11.8. The summed E-state index contributed by atoms with van der Waals surface area (Å²) in [5.74, 6) is 0. The monoisotopic (exact) mass is 304 g/mol. The van der Waals surface area contributed by atoms with Gasteiger partial charge in [0.1, 0.15) is 0 Å². The zero-order valence-electron chi connectivity index (χ0n) is 7.03. The Labute approximate surface area is 90.9 Å². The van der Waals surface area contributed by atoms with E-state index in [0.717, 1.165) is 11.4 Å². The maximum atomic E-state index is 5.00. The van der Waals surface area contributed by atoms with Gasteiger partial charge in [-0.3, -0.25) is 0 Å². The van der Waals surface area contributed by atoms with E-state index in [9.17, 15) is 0 Å². The fourth-order valence-corrected chi connectivity index (χ4v) is 0.562. The van der Waals surface area contributed by atoms with Crippen LogP contribution in [0.4, 0.5) is 0 Å². The van der Waals surface area contributed by atoms with Crippen molar-refractivity contribution in [1.82, 2.24) is 10.2 Å². The average molecular weight is 307 g/mol. The van der Waals surface area contributed by atoms with Gasteiger partial charge in [0.2, 0.25) is 0 Å². The van der Waals surface area contributed by atoms with Crippen molar-refractivity contribution in [2.24, 2.45) is 0 Å². The third kappa shape index (κ3) is 5.58. The van der Waals surface area contributed by atoms with E-state index in [4.69, 9.17) is 25.5 Å². The quantitative estimate of drug-likeness (QED) is 0.736. The van der Waals surface area contributed by atoms with Crippen molar-refractivity contribution in [3.63, 3.8) is 0 Å². The third-order valence-electron chi connectivity index (χ3n) is 1.44. The molecule has 0 bridgehead atoms. The van der Waals surface area contributed by atoms with Crippen LogP contribution < -0.4 is 5.10 Å². The van der Waals surface area contributed by atoms with Crippen molar-refractivity contribution in [2.75, 3.05) is 0 Å². The molecule has 1 rings (SSSR count). The van der Waals surface area contributed by atoms with E-state index in [2.05, 4.69) is 10.2 Å². The molecule has 0 saturated heterocycles. The molecule has 0 saturated carbocycles. The Morgan fingerprint density at radius 1 is 1.17 bits per heavy atom. The van der Waals surface area contributed by atoms with Crippen LogP contribution in [0, 0.1) is 20.8 Å². The van der Waals surface area contributed by atoms with E-state index in [1.165, 1.54) is 5.56 Å². The van der Waals surface area contributed by atoms with Gasteiger partial charge in [0.25, 0.3) is 0 Å². The summed E-state index contributed by atoms with van der Waals surface area (Å²) in [6.07, 6.45) is 0. The van der Waals surface area contributed by atoms with E-state index in [1.807, 2.05) is 20.8 Å². The number of halogens is 3.